The summed E-state index contributed by atoms with van der Waals surface area (Å²) in [6, 6.07) is 7.44. The first-order chi connectivity index (χ1) is 16.2. The van der Waals surface area contributed by atoms with Gasteiger partial charge in [-0.25, -0.2) is 15.0 Å². The van der Waals surface area contributed by atoms with E-state index in [1.165, 1.54) is 11.8 Å². The normalized spacial score (nSPS) is 21.0. The molecule has 2 aliphatic rings. The number of fused-ring (bicyclic) bond motifs is 1. The van der Waals surface area contributed by atoms with Crippen LogP contribution in [0.5, 0.6) is 0 Å². The Bertz CT molecular complexity index is 1340. The maximum Gasteiger partial charge on any atom is 0.184 e. The summed E-state index contributed by atoms with van der Waals surface area (Å²) in [6.07, 6.45) is 2.08. The number of rotatable bonds is 5. The van der Waals surface area contributed by atoms with Crippen LogP contribution in [0.1, 0.15) is 55.5 Å². The zero-order valence-corrected chi connectivity index (χ0v) is 19.4. The minimum absolute atomic E-state index is 0.0884. The monoisotopic (exact) mass is 451 g/mol. The summed E-state index contributed by atoms with van der Waals surface area (Å²) in [5.41, 5.74) is 2.64. The number of nitrogens with one attached hydrogen (secondary N) is 1. The van der Waals surface area contributed by atoms with E-state index in [0.717, 1.165) is 0 Å². The Morgan fingerprint density at radius 1 is 1.09 bits per heavy atom. The van der Waals surface area contributed by atoms with E-state index in [2.05, 4.69) is 33.6 Å². The molecule has 0 amide bonds. The molecule has 11 heteroatoms. The van der Waals surface area contributed by atoms with Crippen molar-refractivity contribution in [2.75, 3.05) is 20.6 Å². The minimum atomic E-state index is -0.612. The molecule has 1 aliphatic carbocycles. The highest BCUT2D eigenvalue weighted by Gasteiger charge is 2.40. The topological polar surface area (TPSA) is 186 Å². The molecule has 11 nitrogen and oxygen atoms in total. The Balaban J connectivity index is 2.48. The lowest BCUT2D eigenvalue weighted by Gasteiger charge is -2.36. The van der Waals surface area contributed by atoms with Crippen molar-refractivity contribution in [1.29, 1.82) is 26.3 Å². The predicted octanol–water partition coefficient (Wildman–Crippen LogP) is 1.80. The molecular formula is C23H21N11. The Hall–Kier alpha value is -4.76. The number of aromatic nitrogens is 2. The van der Waals surface area contributed by atoms with E-state index < -0.39 is 12.0 Å². The van der Waals surface area contributed by atoms with E-state index in [4.69, 9.17) is 4.98 Å². The van der Waals surface area contributed by atoms with Crippen molar-refractivity contribution in [3.63, 3.8) is 0 Å². The molecule has 0 aromatic carbocycles. The van der Waals surface area contributed by atoms with E-state index >= 15 is 0 Å². The van der Waals surface area contributed by atoms with Crippen molar-refractivity contribution >= 4 is 11.4 Å². The van der Waals surface area contributed by atoms with Crippen molar-refractivity contribution in [2.24, 2.45) is 4.99 Å². The van der Waals surface area contributed by atoms with Crippen LogP contribution in [-0.4, -0.2) is 52.2 Å². The molecular weight excluding hydrogens is 430 g/mol. The van der Waals surface area contributed by atoms with Crippen LogP contribution < -0.4 is 5.32 Å². The molecule has 34 heavy (non-hydrogen) atoms. The molecule has 1 aliphatic heterocycles. The summed E-state index contributed by atoms with van der Waals surface area (Å²) in [6.45, 7) is 5.65. The lowest BCUT2D eigenvalue weighted by Crippen LogP contribution is -2.39. The lowest BCUT2D eigenvalue weighted by atomic mass is 9.87. The van der Waals surface area contributed by atoms with Crippen LogP contribution in [0.4, 0.5) is 0 Å². The van der Waals surface area contributed by atoms with Gasteiger partial charge in [-0.2, -0.15) is 26.3 Å². The van der Waals surface area contributed by atoms with Crippen LogP contribution in [0.2, 0.25) is 0 Å². The molecule has 0 spiro atoms. The van der Waals surface area contributed by atoms with Gasteiger partial charge in [0.15, 0.2) is 17.6 Å². The molecule has 168 valence electrons. The summed E-state index contributed by atoms with van der Waals surface area (Å²) in [5, 5.41) is 51.2. The third-order valence-corrected chi connectivity index (χ3v) is 5.77. The first-order valence-corrected chi connectivity index (χ1v) is 10.4. The SMILES string of the molecule is C/C(C#N)=C(C#N)\N=C1\C(N(C)C(C)C#N)=C(N(C)C#N)c2nc(C3CN3)c(C#N)nc2C1C. The summed E-state index contributed by atoms with van der Waals surface area (Å²) >= 11 is 0. The van der Waals surface area contributed by atoms with E-state index in [9.17, 15) is 26.3 Å². The molecule has 1 aromatic rings. The van der Waals surface area contributed by atoms with Gasteiger partial charge in [0.05, 0.1) is 46.5 Å². The van der Waals surface area contributed by atoms with Gasteiger partial charge in [-0.05, 0) is 13.8 Å². The van der Waals surface area contributed by atoms with Crippen molar-refractivity contribution in [2.45, 2.75) is 38.8 Å². The maximum atomic E-state index is 9.81. The Kier molecular flexibility index (Phi) is 6.60. The Morgan fingerprint density at radius 3 is 2.26 bits per heavy atom. The molecule has 0 bridgehead atoms. The standard InChI is InChI=1S/C23H21N11/c1-12(6-24)15(8-26)30-19-14(3)18-21(32-20(17-10-29-17)16(9-27)31-18)22(33(4)11-28)23(19)34(5)13(2)7-25/h13-14,17,29H,10H2,1-5H3/b15-12+,30-19+. The van der Waals surface area contributed by atoms with Crippen molar-refractivity contribution in [3.05, 3.63) is 39.7 Å². The van der Waals surface area contributed by atoms with E-state index in [0.29, 0.717) is 40.7 Å². The average Bonchev–Trinajstić information content (AvgIpc) is 3.70. The molecule has 3 atom stereocenters. The molecule has 1 N–H and O–H groups in total. The van der Waals surface area contributed by atoms with Gasteiger partial charge in [0, 0.05) is 26.6 Å². The molecule has 0 radical (unpaired) electrons. The molecule has 1 aromatic heterocycles. The van der Waals surface area contributed by atoms with Crippen LogP contribution in [0, 0.1) is 56.8 Å². The second-order valence-electron chi connectivity index (χ2n) is 7.95. The van der Waals surface area contributed by atoms with Gasteiger partial charge in [0.25, 0.3) is 0 Å². The second kappa shape index (κ2) is 9.39. The second-order valence-corrected chi connectivity index (χ2v) is 7.95. The number of hydrogen-bond acceptors (Lipinski definition) is 11. The van der Waals surface area contributed by atoms with Crippen molar-refractivity contribution in [1.82, 2.24) is 25.1 Å². The summed E-state index contributed by atoms with van der Waals surface area (Å²) in [4.78, 5) is 16.8. The molecule has 3 rings (SSSR count). The Morgan fingerprint density at radius 2 is 1.76 bits per heavy atom. The highest BCUT2D eigenvalue weighted by molar-refractivity contribution is 6.12. The van der Waals surface area contributed by atoms with E-state index in [1.807, 2.05) is 12.1 Å². The molecule has 1 saturated heterocycles. The quantitative estimate of drug-likeness (QED) is 0.299. The summed E-state index contributed by atoms with van der Waals surface area (Å²) in [5.74, 6) is -0.551. The summed E-state index contributed by atoms with van der Waals surface area (Å²) < 4.78 is 0. The van der Waals surface area contributed by atoms with Gasteiger partial charge in [-0.3, -0.25) is 4.90 Å². The number of nitrogens with zero attached hydrogens (tertiary/aromatic N) is 10. The van der Waals surface area contributed by atoms with Crippen molar-refractivity contribution < 1.29 is 0 Å². The third-order valence-electron chi connectivity index (χ3n) is 5.77. The lowest BCUT2D eigenvalue weighted by molar-refractivity contribution is 0.390. The first-order valence-electron chi connectivity index (χ1n) is 10.4. The van der Waals surface area contributed by atoms with Crippen LogP contribution in [0.3, 0.4) is 0 Å². The fourth-order valence-electron chi connectivity index (χ4n) is 3.59. The number of hydrogen-bond donors (Lipinski definition) is 1. The zero-order chi connectivity index (χ0) is 25.2. The largest absolute Gasteiger partial charge is 0.356 e. The van der Waals surface area contributed by atoms with Gasteiger partial charge in [0.2, 0.25) is 0 Å². The average molecular weight is 451 g/mol. The van der Waals surface area contributed by atoms with Crippen LogP contribution >= 0.6 is 0 Å². The van der Waals surface area contributed by atoms with Crippen LogP contribution in [-0.2, 0) is 0 Å². The zero-order valence-electron chi connectivity index (χ0n) is 19.4. The number of nitriles is 5. The number of allylic oxidation sites excluding steroid dienone is 3. The predicted molar refractivity (Wildman–Crippen MR) is 120 cm³/mol. The van der Waals surface area contributed by atoms with E-state index in [1.54, 1.807) is 32.8 Å². The maximum absolute atomic E-state index is 9.81. The van der Waals surface area contributed by atoms with E-state index in [-0.39, 0.29) is 23.0 Å². The fourth-order valence-corrected chi connectivity index (χ4v) is 3.59. The molecule has 0 saturated carbocycles. The van der Waals surface area contributed by atoms with Gasteiger partial charge in [0.1, 0.15) is 29.6 Å². The van der Waals surface area contributed by atoms with Crippen molar-refractivity contribution in [3.8, 4) is 30.5 Å². The van der Waals surface area contributed by atoms with Gasteiger partial charge in [-0.1, -0.05) is 6.92 Å². The first kappa shape index (κ1) is 23.9. The van der Waals surface area contributed by atoms with Crippen LogP contribution in [0.25, 0.3) is 5.70 Å². The minimum Gasteiger partial charge on any atom is -0.356 e. The molecule has 2 heterocycles. The summed E-state index contributed by atoms with van der Waals surface area (Å²) in [7, 11) is 3.24. The van der Waals surface area contributed by atoms with Gasteiger partial charge < -0.3 is 10.2 Å². The Labute approximate surface area is 197 Å². The van der Waals surface area contributed by atoms with Gasteiger partial charge >= 0.3 is 0 Å². The van der Waals surface area contributed by atoms with Gasteiger partial charge in [-0.15, -0.1) is 0 Å². The smallest absolute Gasteiger partial charge is 0.184 e. The molecule has 3 unspecified atom stereocenters. The fraction of sp³-hybridized carbons (Fsp3) is 0.391. The molecule has 1 fully saturated rings. The highest BCUT2D eigenvalue weighted by Crippen LogP contribution is 2.40. The highest BCUT2D eigenvalue weighted by atomic mass is 15.2. The van der Waals surface area contributed by atoms with Crippen LogP contribution in [0.15, 0.2) is 22.0 Å². The number of aliphatic imine (C=N–C) groups is 1. The third kappa shape index (κ3) is 4.03.